The van der Waals surface area contributed by atoms with E-state index in [1.54, 1.807) is 6.07 Å². The topological polar surface area (TPSA) is 35.6 Å². The van der Waals surface area contributed by atoms with Crippen LogP contribution in [0.1, 0.15) is 37.7 Å². The third-order valence-electron chi connectivity index (χ3n) is 8.07. The van der Waals surface area contributed by atoms with E-state index < -0.39 is 11.7 Å². The van der Waals surface area contributed by atoms with Gasteiger partial charge in [-0.3, -0.25) is 9.69 Å². The molecular formula is C23H32Cl2F3N3O. The quantitative estimate of drug-likeness (QED) is 0.650. The number of carbonyl (C=O) groups is 1. The highest BCUT2D eigenvalue weighted by molar-refractivity contribution is 5.85. The molecule has 5 aliphatic rings. The van der Waals surface area contributed by atoms with E-state index in [0.717, 1.165) is 50.4 Å². The zero-order valence-electron chi connectivity index (χ0n) is 18.1. The van der Waals surface area contributed by atoms with Crippen LogP contribution in [0.2, 0.25) is 0 Å². The van der Waals surface area contributed by atoms with Gasteiger partial charge < -0.3 is 10.2 Å². The van der Waals surface area contributed by atoms with Crippen molar-refractivity contribution in [1.82, 2.24) is 10.2 Å². The number of anilines is 1. The lowest BCUT2D eigenvalue weighted by Crippen LogP contribution is -2.50. The summed E-state index contributed by atoms with van der Waals surface area (Å²) in [5.74, 6) is 2.44. The van der Waals surface area contributed by atoms with Crippen molar-refractivity contribution < 1.29 is 18.0 Å². The number of hydrogen-bond acceptors (Lipinski definition) is 3. The van der Waals surface area contributed by atoms with E-state index >= 15 is 0 Å². The third kappa shape index (κ3) is 4.71. The molecule has 1 aliphatic heterocycles. The van der Waals surface area contributed by atoms with E-state index in [9.17, 15) is 18.0 Å². The summed E-state index contributed by atoms with van der Waals surface area (Å²) in [5.41, 5.74) is -0.0429. The maximum absolute atomic E-state index is 13.0. The lowest BCUT2D eigenvalue weighted by Gasteiger charge is -2.36. The summed E-state index contributed by atoms with van der Waals surface area (Å²) in [5, 5.41) is 3.22. The molecule has 32 heavy (non-hydrogen) atoms. The van der Waals surface area contributed by atoms with Crippen LogP contribution in [0, 0.1) is 23.2 Å². The fourth-order valence-electron chi connectivity index (χ4n) is 6.78. The molecule has 5 fully saturated rings. The minimum Gasteiger partial charge on any atom is -0.369 e. The molecule has 2 atom stereocenters. The molecule has 1 amide bonds. The molecular weight excluding hydrogens is 462 g/mol. The Morgan fingerprint density at radius 2 is 1.69 bits per heavy atom. The fourth-order valence-corrected chi connectivity index (χ4v) is 6.78. The van der Waals surface area contributed by atoms with Gasteiger partial charge in [-0.1, -0.05) is 6.07 Å². The van der Waals surface area contributed by atoms with Crippen molar-refractivity contribution in [3.8, 4) is 0 Å². The van der Waals surface area contributed by atoms with E-state index in [1.807, 2.05) is 4.90 Å². The zero-order chi connectivity index (χ0) is 20.9. The van der Waals surface area contributed by atoms with Crippen molar-refractivity contribution in [2.45, 2.75) is 38.3 Å². The van der Waals surface area contributed by atoms with Crippen LogP contribution in [0.5, 0.6) is 0 Å². The lowest BCUT2D eigenvalue weighted by molar-refractivity contribution is -0.137. The first-order valence-electron chi connectivity index (χ1n) is 11.3. The highest BCUT2D eigenvalue weighted by Gasteiger charge is 2.61. The Morgan fingerprint density at radius 3 is 2.31 bits per heavy atom. The van der Waals surface area contributed by atoms with Crippen molar-refractivity contribution in [3.05, 3.63) is 29.8 Å². The van der Waals surface area contributed by atoms with Gasteiger partial charge in [0.2, 0.25) is 5.91 Å². The largest absolute Gasteiger partial charge is 0.416 e. The zero-order valence-corrected chi connectivity index (χ0v) is 19.7. The Kier molecular flexibility index (Phi) is 7.63. The number of benzene rings is 1. The summed E-state index contributed by atoms with van der Waals surface area (Å²) in [6, 6.07) is 5.57. The average Bonchev–Trinajstić information content (AvgIpc) is 3.13. The summed E-state index contributed by atoms with van der Waals surface area (Å²) >= 11 is 0. The van der Waals surface area contributed by atoms with Gasteiger partial charge in [0, 0.05) is 45.0 Å². The molecule has 1 heterocycles. The third-order valence-corrected chi connectivity index (χ3v) is 8.07. The molecule has 4 bridgehead atoms. The number of piperazine rings is 1. The Hall–Kier alpha value is -1.18. The van der Waals surface area contributed by atoms with E-state index in [0.29, 0.717) is 31.2 Å². The Balaban J connectivity index is 0.00000144. The SMILES string of the molecule is Cl.Cl.O=C(NCCN1CCN(c2cccc(C(F)(F)F)c2)CC1)C12CC3CC(CC1C3)C2. The number of nitrogens with zero attached hydrogens (tertiary/aromatic N) is 2. The summed E-state index contributed by atoms with van der Waals surface area (Å²) in [7, 11) is 0. The number of halogens is 5. The highest BCUT2D eigenvalue weighted by atomic mass is 35.5. The Bertz CT molecular complexity index is 800. The van der Waals surface area contributed by atoms with Crippen LogP contribution in [-0.4, -0.2) is 50.1 Å². The van der Waals surface area contributed by atoms with Gasteiger partial charge in [0.15, 0.2) is 0 Å². The summed E-state index contributed by atoms with van der Waals surface area (Å²) in [6.45, 7) is 4.45. The number of alkyl halides is 3. The highest BCUT2D eigenvalue weighted by Crippen LogP contribution is 2.65. The van der Waals surface area contributed by atoms with Gasteiger partial charge in [0.05, 0.1) is 11.0 Å². The van der Waals surface area contributed by atoms with E-state index in [-0.39, 0.29) is 36.1 Å². The summed E-state index contributed by atoms with van der Waals surface area (Å²) < 4.78 is 38.9. The van der Waals surface area contributed by atoms with Crippen LogP contribution in [0.4, 0.5) is 18.9 Å². The van der Waals surface area contributed by atoms with E-state index in [2.05, 4.69) is 10.2 Å². The van der Waals surface area contributed by atoms with Crippen LogP contribution in [0.15, 0.2) is 24.3 Å². The Labute approximate surface area is 200 Å². The van der Waals surface area contributed by atoms with Crippen molar-refractivity contribution in [2.24, 2.45) is 23.2 Å². The predicted octanol–water partition coefficient (Wildman–Crippen LogP) is 4.61. The molecule has 1 aromatic rings. The minimum atomic E-state index is -4.31. The van der Waals surface area contributed by atoms with Gasteiger partial charge in [-0.2, -0.15) is 13.2 Å². The second-order valence-corrected chi connectivity index (χ2v) is 9.83. The summed E-state index contributed by atoms with van der Waals surface area (Å²) in [6.07, 6.45) is 1.71. The van der Waals surface area contributed by atoms with Gasteiger partial charge in [-0.05, 0) is 68.1 Å². The molecule has 2 unspecified atom stereocenters. The molecule has 180 valence electrons. The standard InChI is InChI=1S/C23H30F3N3O.2ClH/c24-23(25,26)18-2-1-3-20(13-18)29-8-6-28(7-9-29)5-4-27-21(30)22-14-16-10-17(15-22)12-19(22)11-16;;/h1-3,13,16-17,19H,4-12,14-15H2,(H,27,30);2*1H. The van der Waals surface area contributed by atoms with Gasteiger partial charge in [-0.25, -0.2) is 0 Å². The van der Waals surface area contributed by atoms with Crippen LogP contribution in [-0.2, 0) is 11.0 Å². The second-order valence-electron chi connectivity index (χ2n) is 9.83. The van der Waals surface area contributed by atoms with E-state index in [4.69, 9.17) is 0 Å². The monoisotopic (exact) mass is 493 g/mol. The Morgan fingerprint density at radius 1 is 1.03 bits per heavy atom. The van der Waals surface area contributed by atoms with Crippen molar-refractivity contribution in [1.29, 1.82) is 0 Å². The first kappa shape index (κ1) is 25.4. The number of carbonyl (C=O) groups excluding carboxylic acids is 1. The first-order valence-corrected chi connectivity index (χ1v) is 11.3. The number of amides is 1. The maximum Gasteiger partial charge on any atom is 0.416 e. The molecule has 0 aromatic heterocycles. The maximum atomic E-state index is 13.0. The van der Waals surface area contributed by atoms with Crippen LogP contribution in [0.3, 0.4) is 0 Å². The number of hydrogen-bond donors (Lipinski definition) is 1. The van der Waals surface area contributed by atoms with Crippen molar-refractivity contribution in [2.75, 3.05) is 44.2 Å². The lowest BCUT2D eigenvalue weighted by atomic mass is 9.75. The molecule has 4 aliphatic carbocycles. The number of rotatable bonds is 5. The van der Waals surface area contributed by atoms with Crippen molar-refractivity contribution in [3.63, 3.8) is 0 Å². The normalized spacial score (nSPS) is 31.2. The molecule has 4 saturated carbocycles. The van der Waals surface area contributed by atoms with Crippen molar-refractivity contribution >= 4 is 36.4 Å². The molecule has 1 saturated heterocycles. The fraction of sp³-hybridized carbons (Fsp3) is 0.696. The number of nitrogens with one attached hydrogen (secondary N) is 1. The average molecular weight is 494 g/mol. The molecule has 0 spiro atoms. The van der Waals surface area contributed by atoms with E-state index in [1.165, 1.54) is 31.4 Å². The molecule has 1 N–H and O–H groups in total. The van der Waals surface area contributed by atoms with Gasteiger partial charge in [0.25, 0.3) is 0 Å². The van der Waals surface area contributed by atoms with Crippen LogP contribution >= 0.6 is 24.8 Å². The van der Waals surface area contributed by atoms with Gasteiger partial charge in [-0.15, -0.1) is 24.8 Å². The predicted molar refractivity (Wildman–Crippen MR) is 124 cm³/mol. The van der Waals surface area contributed by atoms with Crippen LogP contribution in [0.25, 0.3) is 0 Å². The second kappa shape index (κ2) is 9.59. The van der Waals surface area contributed by atoms with Gasteiger partial charge >= 0.3 is 6.18 Å². The molecule has 4 nitrogen and oxygen atoms in total. The molecule has 6 rings (SSSR count). The smallest absolute Gasteiger partial charge is 0.369 e. The first-order chi connectivity index (χ1) is 14.3. The summed E-state index contributed by atoms with van der Waals surface area (Å²) in [4.78, 5) is 17.3. The molecule has 1 aromatic carbocycles. The van der Waals surface area contributed by atoms with Gasteiger partial charge in [0.1, 0.15) is 0 Å². The van der Waals surface area contributed by atoms with Crippen LogP contribution < -0.4 is 10.2 Å². The minimum absolute atomic E-state index is 0. The molecule has 9 heteroatoms. The molecule has 0 radical (unpaired) electrons.